The number of hydrogen-bond donors (Lipinski definition) is 3. The van der Waals surface area contributed by atoms with Gasteiger partial charge in [-0.15, -0.1) is 0 Å². The normalized spacial score (nSPS) is 13.0. The van der Waals surface area contributed by atoms with Crippen LogP contribution in [0.25, 0.3) is 11.1 Å². The van der Waals surface area contributed by atoms with Crippen molar-refractivity contribution in [1.29, 1.82) is 0 Å². The van der Waals surface area contributed by atoms with Gasteiger partial charge >= 0.3 is 12.1 Å². The topological polar surface area (TPSA) is 123 Å². The molecule has 1 heterocycles. The Morgan fingerprint density at radius 1 is 1.06 bits per heavy atom. The Balaban J connectivity index is 1.48. The maximum Gasteiger partial charge on any atom is 0.408 e. The van der Waals surface area contributed by atoms with E-state index in [0.29, 0.717) is 5.69 Å². The first kappa shape index (κ1) is 21.1. The minimum atomic E-state index is -1.19. The van der Waals surface area contributed by atoms with E-state index in [0.717, 1.165) is 22.3 Å². The largest absolute Gasteiger partial charge is 0.480 e. The highest BCUT2D eigenvalue weighted by Crippen LogP contribution is 2.44. The van der Waals surface area contributed by atoms with Gasteiger partial charge in [-0.25, -0.2) is 4.79 Å². The second-order valence-electron chi connectivity index (χ2n) is 7.39. The Morgan fingerprint density at radius 2 is 1.69 bits per heavy atom. The summed E-state index contributed by atoms with van der Waals surface area (Å²) in [5, 5.41) is 17.6. The summed E-state index contributed by atoms with van der Waals surface area (Å²) < 4.78 is 6.93. The van der Waals surface area contributed by atoms with Crippen molar-refractivity contribution in [2.24, 2.45) is 7.05 Å². The van der Waals surface area contributed by atoms with E-state index >= 15 is 0 Å². The fourth-order valence-corrected chi connectivity index (χ4v) is 3.96. The molecular weight excluding hydrogens is 412 g/mol. The molecule has 0 spiro atoms. The number of rotatable bonds is 7. The molecule has 9 nitrogen and oxygen atoms in total. The number of ether oxygens (including phenoxy) is 1. The van der Waals surface area contributed by atoms with Gasteiger partial charge in [0, 0.05) is 19.2 Å². The van der Waals surface area contributed by atoms with Gasteiger partial charge in [-0.1, -0.05) is 48.5 Å². The minimum absolute atomic E-state index is 0.0920. The zero-order valence-corrected chi connectivity index (χ0v) is 17.3. The average Bonchev–Trinajstić information content (AvgIpc) is 3.35. The zero-order chi connectivity index (χ0) is 22.7. The molecule has 3 N–H and O–H groups in total. The Labute approximate surface area is 184 Å². The summed E-state index contributed by atoms with van der Waals surface area (Å²) in [5.74, 6) is -1.99. The second-order valence-corrected chi connectivity index (χ2v) is 7.39. The molecule has 32 heavy (non-hydrogen) atoms. The standard InChI is InChI=1S/C23H22N4O5/c1-27-19(10-11-25-27)21(22(30)24-12-20(28)29)26-23(31)32-13-18-16-8-4-2-6-14(16)15-7-3-5-9-17(15)18/h2-11,18,21H,12-13H2,1H3,(H,24,30)(H,26,31)(H,28,29). The number of carboxylic acid groups (broad SMARTS) is 1. The van der Waals surface area contributed by atoms with Crippen molar-refractivity contribution in [3.8, 4) is 11.1 Å². The monoisotopic (exact) mass is 434 g/mol. The van der Waals surface area contributed by atoms with E-state index in [1.165, 1.54) is 10.9 Å². The summed E-state index contributed by atoms with van der Waals surface area (Å²) in [6.45, 7) is -0.478. The van der Waals surface area contributed by atoms with Crippen molar-refractivity contribution in [3.05, 3.63) is 77.6 Å². The zero-order valence-electron chi connectivity index (χ0n) is 17.3. The molecule has 1 atom stereocenters. The molecule has 164 valence electrons. The lowest BCUT2D eigenvalue weighted by Crippen LogP contribution is -2.43. The predicted molar refractivity (Wildman–Crippen MR) is 115 cm³/mol. The number of nitrogens with zero attached hydrogens (tertiary/aromatic N) is 2. The third-order valence-corrected chi connectivity index (χ3v) is 5.44. The number of nitrogens with one attached hydrogen (secondary N) is 2. The molecular formula is C23H22N4O5. The Kier molecular flexibility index (Phi) is 5.89. The molecule has 3 aromatic rings. The van der Waals surface area contributed by atoms with Crippen LogP contribution < -0.4 is 10.6 Å². The molecule has 4 rings (SSSR count). The highest BCUT2D eigenvalue weighted by atomic mass is 16.5. The maximum absolute atomic E-state index is 12.6. The number of fused-ring (bicyclic) bond motifs is 3. The lowest BCUT2D eigenvalue weighted by molar-refractivity contribution is -0.138. The number of aromatic nitrogens is 2. The van der Waals surface area contributed by atoms with Crippen molar-refractivity contribution < 1.29 is 24.2 Å². The number of alkyl carbamates (subject to hydrolysis) is 1. The van der Waals surface area contributed by atoms with Gasteiger partial charge in [0.05, 0.1) is 5.69 Å². The quantitative estimate of drug-likeness (QED) is 0.524. The second kappa shape index (κ2) is 8.93. The van der Waals surface area contributed by atoms with Gasteiger partial charge in [0.1, 0.15) is 13.2 Å². The van der Waals surface area contributed by atoms with Gasteiger partial charge < -0.3 is 20.5 Å². The van der Waals surface area contributed by atoms with E-state index in [4.69, 9.17) is 9.84 Å². The summed E-state index contributed by atoms with van der Waals surface area (Å²) in [4.78, 5) is 36.0. The van der Waals surface area contributed by atoms with Crippen LogP contribution in [0, 0.1) is 0 Å². The third-order valence-electron chi connectivity index (χ3n) is 5.44. The smallest absolute Gasteiger partial charge is 0.408 e. The first-order valence-electron chi connectivity index (χ1n) is 10.0. The molecule has 1 aromatic heterocycles. The van der Waals surface area contributed by atoms with Gasteiger partial charge in [0.2, 0.25) is 5.91 Å². The van der Waals surface area contributed by atoms with Crippen LogP contribution >= 0.6 is 0 Å². The molecule has 9 heteroatoms. The summed E-state index contributed by atoms with van der Waals surface area (Å²) in [6.07, 6.45) is 0.690. The number of carbonyl (C=O) groups excluding carboxylic acids is 2. The molecule has 1 aliphatic carbocycles. The first-order chi connectivity index (χ1) is 15.5. The van der Waals surface area contributed by atoms with E-state index in [9.17, 15) is 14.4 Å². The number of aliphatic carboxylic acids is 1. The number of aryl methyl sites for hydroxylation is 1. The highest BCUT2D eigenvalue weighted by Gasteiger charge is 2.30. The summed E-state index contributed by atoms with van der Waals surface area (Å²) in [6, 6.07) is 16.4. The van der Waals surface area contributed by atoms with E-state index < -0.39 is 30.6 Å². The molecule has 0 radical (unpaired) electrons. The Bertz CT molecular complexity index is 1130. The first-order valence-corrected chi connectivity index (χ1v) is 10.0. The van der Waals surface area contributed by atoms with Crippen molar-refractivity contribution in [2.45, 2.75) is 12.0 Å². The van der Waals surface area contributed by atoms with Gasteiger partial charge in [0.25, 0.3) is 0 Å². The molecule has 0 fully saturated rings. The fraction of sp³-hybridized carbons (Fsp3) is 0.217. The van der Waals surface area contributed by atoms with Crippen molar-refractivity contribution in [3.63, 3.8) is 0 Å². The minimum Gasteiger partial charge on any atom is -0.480 e. The molecule has 2 amide bonds. The van der Waals surface area contributed by atoms with E-state index in [1.54, 1.807) is 13.1 Å². The molecule has 1 unspecified atom stereocenters. The van der Waals surface area contributed by atoms with Gasteiger partial charge in [-0.2, -0.15) is 5.10 Å². The van der Waals surface area contributed by atoms with Gasteiger partial charge in [-0.3, -0.25) is 14.3 Å². The highest BCUT2D eigenvalue weighted by molar-refractivity contribution is 5.88. The number of carbonyl (C=O) groups is 3. The van der Waals surface area contributed by atoms with Crippen molar-refractivity contribution >= 4 is 18.0 Å². The van der Waals surface area contributed by atoms with E-state index in [2.05, 4.69) is 15.7 Å². The van der Waals surface area contributed by atoms with Crippen LogP contribution in [0.4, 0.5) is 4.79 Å². The molecule has 0 aliphatic heterocycles. The lowest BCUT2D eigenvalue weighted by Gasteiger charge is -2.19. The third kappa shape index (κ3) is 4.18. The van der Waals surface area contributed by atoms with Crippen LogP contribution in [0.1, 0.15) is 28.8 Å². The van der Waals surface area contributed by atoms with Crippen molar-refractivity contribution in [1.82, 2.24) is 20.4 Å². The van der Waals surface area contributed by atoms with Gasteiger partial charge in [0.15, 0.2) is 6.04 Å². The molecule has 0 saturated heterocycles. The summed E-state index contributed by atoms with van der Waals surface area (Å²) >= 11 is 0. The lowest BCUT2D eigenvalue weighted by atomic mass is 9.98. The predicted octanol–water partition coefficient (Wildman–Crippen LogP) is 2.20. The van der Waals surface area contributed by atoms with Crippen LogP contribution in [0.5, 0.6) is 0 Å². The van der Waals surface area contributed by atoms with E-state index in [1.807, 2.05) is 48.5 Å². The van der Waals surface area contributed by atoms with Crippen LogP contribution in [0.3, 0.4) is 0 Å². The Hall–Kier alpha value is -4.14. The van der Waals surface area contributed by atoms with Crippen LogP contribution in [-0.4, -0.2) is 46.0 Å². The number of amides is 2. The summed E-state index contributed by atoms with van der Waals surface area (Å²) in [5.41, 5.74) is 4.75. The molecule has 0 saturated carbocycles. The maximum atomic E-state index is 12.6. The van der Waals surface area contributed by atoms with Crippen LogP contribution in [0.15, 0.2) is 60.8 Å². The molecule has 1 aliphatic rings. The molecule has 2 aromatic carbocycles. The number of carboxylic acids is 1. The van der Waals surface area contributed by atoms with Crippen LogP contribution in [-0.2, 0) is 21.4 Å². The van der Waals surface area contributed by atoms with Crippen LogP contribution in [0.2, 0.25) is 0 Å². The number of hydrogen-bond acceptors (Lipinski definition) is 5. The average molecular weight is 434 g/mol. The Morgan fingerprint density at radius 3 is 2.25 bits per heavy atom. The number of benzene rings is 2. The van der Waals surface area contributed by atoms with E-state index in [-0.39, 0.29) is 12.5 Å². The molecule has 0 bridgehead atoms. The van der Waals surface area contributed by atoms with Gasteiger partial charge in [-0.05, 0) is 28.3 Å². The van der Waals surface area contributed by atoms with Crippen molar-refractivity contribution in [2.75, 3.05) is 13.2 Å². The fourth-order valence-electron chi connectivity index (χ4n) is 3.96. The SMILES string of the molecule is Cn1nccc1C(NC(=O)OCC1c2ccccc2-c2ccccc21)C(=O)NCC(=O)O. The summed E-state index contributed by atoms with van der Waals surface area (Å²) in [7, 11) is 1.62.